The Morgan fingerprint density at radius 2 is 2.05 bits per heavy atom. The van der Waals surface area contributed by atoms with E-state index in [2.05, 4.69) is 26.2 Å². The first kappa shape index (κ1) is 15.4. The van der Waals surface area contributed by atoms with Gasteiger partial charge in [0.05, 0.1) is 9.98 Å². The number of benzene rings is 1. The van der Waals surface area contributed by atoms with Gasteiger partial charge in [0.25, 0.3) is 10.0 Å². The van der Waals surface area contributed by atoms with Gasteiger partial charge in [-0.15, -0.1) is 11.3 Å². The lowest BCUT2D eigenvalue weighted by atomic mass is 10.3. The summed E-state index contributed by atoms with van der Waals surface area (Å²) in [5.74, 6) is 0. The lowest BCUT2D eigenvalue weighted by Crippen LogP contribution is -2.34. The molecule has 0 radical (unpaired) electrons. The lowest BCUT2D eigenvalue weighted by Gasteiger charge is -2.06. The van der Waals surface area contributed by atoms with Crippen molar-refractivity contribution in [3.63, 3.8) is 0 Å². The van der Waals surface area contributed by atoms with Crippen LogP contribution in [0, 0.1) is 0 Å². The lowest BCUT2D eigenvalue weighted by molar-refractivity contribution is 0.256. The number of carbonyl (C=O) groups is 1. The minimum Gasteiger partial charge on any atom is -0.283 e. The van der Waals surface area contributed by atoms with Crippen LogP contribution in [0.5, 0.6) is 0 Å². The first-order valence-electron chi connectivity index (χ1n) is 5.87. The molecular weight excluding hydrogens is 410 g/mol. The molecule has 114 valence electrons. The summed E-state index contributed by atoms with van der Waals surface area (Å²) in [4.78, 5) is 15.8. The number of thiazole rings is 1. The number of urea groups is 1. The van der Waals surface area contributed by atoms with Crippen molar-refractivity contribution in [3.8, 4) is 0 Å². The van der Waals surface area contributed by atoms with Crippen LogP contribution in [-0.2, 0) is 10.0 Å². The third-order valence-corrected chi connectivity index (χ3v) is 6.54. The Kier molecular flexibility index (Phi) is 4.17. The molecule has 0 saturated carbocycles. The third kappa shape index (κ3) is 3.14. The second-order valence-corrected chi connectivity index (χ2v) is 9.10. The van der Waals surface area contributed by atoms with Crippen LogP contribution in [0.15, 0.2) is 44.5 Å². The van der Waals surface area contributed by atoms with Gasteiger partial charge < -0.3 is 0 Å². The van der Waals surface area contributed by atoms with E-state index in [0.29, 0.717) is 10.5 Å². The normalized spacial score (nSPS) is 11.5. The highest BCUT2D eigenvalue weighted by atomic mass is 79.9. The third-order valence-electron chi connectivity index (χ3n) is 2.66. The molecule has 0 aliphatic heterocycles. The highest BCUT2D eigenvalue weighted by molar-refractivity contribution is 9.11. The summed E-state index contributed by atoms with van der Waals surface area (Å²) >= 11 is 5.70. The largest absolute Gasteiger partial charge is 0.334 e. The van der Waals surface area contributed by atoms with Gasteiger partial charge >= 0.3 is 6.03 Å². The Bertz CT molecular complexity index is 949. The van der Waals surface area contributed by atoms with Gasteiger partial charge in [0.1, 0.15) is 4.90 Å². The van der Waals surface area contributed by atoms with Crippen LogP contribution in [0.1, 0.15) is 0 Å². The van der Waals surface area contributed by atoms with E-state index < -0.39 is 16.1 Å². The number of aromatic nitrogens is 1. The summed E-state index contributed by atoms with van der Waals surface area (Å²) in [7, 11) is -3.94. The zero-order valence-electron chi connectivity index (χ0n) is 10.7. The van der Waals surface area contributed by atoms with Crippen LogP contribution in [-0.4, -0.2) is 19.4 Å². The molecule has 0 aliphatic rings. The number of nitrogens with one attached hydrogen (secondary N) is 2. The van der Waals surface area contributed by atoms with E-state index in [9.17, 15) is 13.2 Å². The molecule has 0 bridgehead atoms. The second kappa shape index (κ2) is 5.95. The molecule has 0 unspecified atom stereocenters. The standard InChI is InChI=1S/C12H8BrN3O3S3/c13-10-5-14-12(21-10)15-11(17)16-22(18,19)9-6-20-8-4-2-1-3-7(8)9/h1-6H,(H2,14,15,16,17). The van der Waals surface area contributed by atoms with E-state index in [0.717, 1.165) is 8.49 Å². The van der Waals surface area contributed by atoms with Crippen molar-refractivity contribution in [2.75, 3.05) is 5.32 Å². The van der Waals surface area contributed by atoms with Gasteiger partial charge in [-0.2, -0.15) is 0 Å². The van der Waals surface area contributed by atoms with E-state index >= 15 is 0 Å². The van der Waals surface area contributed by atoms with Crippen molar-refractivity contribution in [1.82, 2.24) is 9.71 Å². The minimum absolute atomic E-state index is 0.0866. The zero-order valence-corrected chi connectivity index (χ0v) is 14.8. The average molecular weight is 418 g/mol. The number of hydrogen-bond donors (Lipinski definition) is 2. The maximum absolute atomic E-state index is 12.3. The molecule has 2 heterocycles. The molecule has 2 aromatic heterocycles. The SMILES string of the molecule is O=C(Nc1ncc(Br)s1)NS(=O)(=O)c1csc2ccccc12. The number of amides is 2. The van der Waals surface area contributed by atoms with Crippen LogP contribution in [0.2, 0.25) is 0 Å². The van der Waals surface area contributed by atoms with Crippen LogP contribution in [0.4, 0.5) is 9.93 Å². The van der Waals surface area contributed by atoms with E-state index in [1.807, 2.05) is 16.9 Å². The van der Waals surface area contributed by atoms with Gasteiger partial charge in [-0.1, -0.05) is 29.5 Å². The topological polar surface area (TPSA) is 88.2 Å². The molecule has 2 N–H and O–H groups in total. The highest BCUT2D eigenvalue weighted by Gasteiger charge is 2.22. The number of hydrogen-bond acceptors (Lipinski definition) is 6. The van der Waals surface area contributed by atoms with Crippen molar-refractivity contribution < 1.29 is 13.2 Å². The van der Waals surface area contributed by atoms with Crippen molar-refractivity contribution in [2.45, 2.75) is 4.90 Å². The fraction of sp³-hybridized carbons (Fsp3) is 0. The van der Waals surface area contributed by atoms with Gasteiger partial charge in [0.15, 0.2) is 5.13 Å². The van der Waals surface area contributed by atoms with E-state index in [1.54, 1.807) is 12.1 Å². The number of thiophene rings is 1. The summed E-state index contributed by atoms with van der Waals surface area (Å²) in [6.45, 7) is 0. The fourth-order valence-electron chi connectivity index (χ4n) is 1.77. The molecule has 0 atom stereocenters. The molecule has 0 spiro atoms. The number of halogens is 1. The number of carbonyl (C=O) groups excluding carboxylic acids is 1. The summed E-state index contributed by atoms with van der Waals surface area (Å²) in [6, 6.07) is 6.26. The van der Waals surface area contributed by atoms with E-state index in [1.165, 1.54) is 34.3 Å². The number of sulfonamides is 1. The van der Waals surface area contributed by atoms with Crippen molar-refractivity contribution in [3.05, 3.63) is 39.6 Å². The van der Waals surface area contributed by atoms with E-state index in [-0.39, 0.29) is 4.90 Å². The maximum atomic E-state index is 12.3. The van der Waals surface area contributed by atoms with Gasteiger partial charge in [-0.05, 0) is 22.0 Å². The molecule has 2 amide bonds. The summed E-state index contributed by atoms with van der Waals surface area (Å²) in [5.41, 5.74) is 0. The first-order valence-corrected chi connectivity index (χ1v) is 9.84. The molecule has 1 aromatic carbocycles. The van der Waals surface area contributed by atoms with Gasteiger partial charge in [0.2, 0.25) is 0 Å². The summed E-state index contributed by atoms with van der Waals surface area (Å²) in [6.07, 6.45) is 1.52. The molecule has 3 rings (SSSR count). The Labute approximate surface area is 142 Å². The Morgan fingerprint density at radius 3 is 2.77 bits per heavy atom. The zero-order chi connectivity index (χ0) is 15.7. The smallest absolute Gasteiger partial charge is 0.283 e. The number of anilines is 1. The van der Waals surface area contributed by atoms with Gasteiger partial charge in [-0.25, -0.2) is 22.9 Å². The quantitative estimate of drug-likeness (QED) is 0.680. The molecule has 6 nitrogen and oxygen atoms in total. The predicted octanol–water partition coefficient (Wildman–Crippen LogP) is 3.63. The molecule has 0 saturated heterocycles. The minimum atomic E-state index is -3.94. The molecule has 0 aliphatic carbocycles. The number of rotatable bonds is 3. The monoisotopic (exact) mass is 417 g/mol. The van der Waals surface area contributed by atoms with Gasteiger partial charge in [0, 0.05) is 15.5 Å². The van der Waals surface area contributed by atoms with Crippen molar-refractivity contribution >= 4 is 69.9 Å². The molecule has 0 fully saturated rings. The van der Waals surface area contributed by atoms with E-state index in [4.69, 9.17) is 0 Å². The van der Waals surface area contributed by atoms with Crippen LogP contribution in [0.25, 0.3) is 10.1 Å². The molecule has 22 heavy (non-hydrogen) atoms. The summed E-state index contributed by atoms with van der Waals surface area (Å²) in [5, 5.41) is 4.78. The first-order chi connectivity index (χ1) is 10.5. The maximum Gasteiger partial charge on any atom is 0.334 e. The van der Waals surface area contributed by atoms with Crippen molar-refractivity contribution in [2.24, 2.45) is 0 Å². The Morgan fingerprint density at radius 1 is 1.27 bits per heavy atom. The number of nitrogens with zero attached hydrogens (tertiary/aromatic N) is 1. The highest BCUT2D eigenvalue weighted by Crippen LogP contribution is 2.29. The molecular formula is C12H8BrN3O3S3. The second-order valence-electron chi connectivity index (χ2n) is 4.13. The molecule has 10 heteroatoms. The summed E-state index contributed by atoms with van der Waals surface area (Å²) < 4.78 is 28.2. The average Bonchev–Trinajstić information content (AvgIpc) is 3.04. The van der Waals surface area contributed by atoms with Crippen LogP contribution in [0.3, 0.4) is 0 Å². The number of fused-ring (bicyclic) bond motifs is 1. The van der Waals surface area contributed by atoms with Crippen molar-refractivity contribution in [1.29, 1.82) is 0 Å². The van der Waals surface area contributed by atoms with Crippen LogP contribution >= 0.6 is 38.6 Å². The van der Waals surface area contributed by atoms with Crippen LogP contribution < -0.4 is 10.0 Å². The Balaban J connectivity index is 1.82. The fourth-order valence-corrected chi connectivity index (χ4v) is 5.29. The predicted molar refractivity (Wildman–Crippen MR) is 91.0 cm³/mol. The molecule has 3 aromatic rings. The Hall–Kier alpha value is -1.49. The van der Waals surface area contributed by atoms with Gasteiger partial charge in [-0.3, -0.25) is 5.32 Å².